The van der Waals surface area contributed by atoms with E-state index in [0.717, 1.165) is 31.7 Å². The standard InChI is InChI=1S/C22H19N3O2S2/c1-13-10-16(29-22-23-14(2)12-28-22)8-9-19(13)24-20(26)11-25-15(3)17-6-4-5-7-18(17)21(25)27/h4-10,12H,3,11H2,1-2H3,(H,24,26). The molecule has 0 atom stereocenters. The van der Waals surface area contributed by atoms with Crippen molar-refractivity contribution in [1.29, 1.82) is 0 Å². The Balaban J connectivity index is 1.42. The third-order valence-corrected chi connectivity index (χ3v) is 6.66. The molecule has 146 valence electrons. The summed E-state index contributed by atoms with van der Waals surface area (Å²) in [7, 11) is 0. The molecule has 5 nitrogen and oxygen atoms in total. The zero-order valence-corrected chi connectivity index (χ0v) is 17.7. The molecule has 1 N–H and O–H groups in total. The molecule has 0 saturated carbocycles. The van der Waals surface area contributed by atoms with E-state index in [1.54, 1.807) is 29.2 Å². The Kier molecular flexibility index (Phi) is 5.25. The van der Waals surface area contributed by atoms with Crippen LogP contribution in [0.4, 0.5) is 5.69 Å². The zero-order valence-electron chi connectivity index (χ0n) is 16.1. The minimum Gasteiger partial charge on any atom is -0.324 e. The largest absolute Gasteiger partial charge is 0.324 e. The lowest BCUT2D eigenvalue weighted by molar-refractivity contribution is -0.116. The Morgan fingerprint density at radius 3 is 2.62 bits per heavy atom. The van der Waals surface area contributed by atoms with Crippen LogP contribution < -0.4 is 5.32 Å². The van der Waals surface area contributed by atoms with E-state index in [0.29, 0.717) is 11.3 Å². The molecule has 29 heavy (non-hydrogen) atoms. The van der Waals surface area contributed by atoms with Gasteiger partial charge < -0.3 is 5.32 Å². The number of carbonyl (C=O) groups is 2. The van der Waals surface area contributed by atoms with Crippen molar-refractivity contribution in [2.24, 2.45) is 0 Å². The lowest BCUT2D eigenvalue weighted by Gasteiger charge is -2.17. The van der Waals surface area contributed by atoms with Gasteiger partial charge in [-0.1, -0.05) is 36.5 Å². The highest BCUT2D eigenvalue weighted by atomic mass is 32.2. The van der Waals surface area contributed by atoms with E-state index in [9.17, 15) is 9.59 Å². The summed E-state index contributed by atoms with van der Waals surface area (Å²) in [4.78, 5) is 32.1. The highest BCUT2D eigenvalue weighted by molar-refractivity contribution is 8.01. The summed E-state index contributed by atoms with van der Waals surface area (Å²) in [6, 6.07) is 13.1. The number of rotatable bonds is 5. The van der Waals surface area contributed by atoms with Gasteiger partial charge in [-0.15, -0.1) is 11.3 Å². The van der Waals surface area contributed by atoms with E-state index in [-0.39, 0.29) is 18.4 Å². The summed E-state index contributed by atoms with van der Waals surface area (Å²) in [6.07, 6.45) is 0. The topological polar surface area (TPSA) is 62.3 Å². The van der Waals surface area contributed by atoms with Gasteiger partial charge in [0.1, 0.15) is 6.54 Å². The van der Waals surface area contributed by atoms with E-state index in [1.807, 2.05) is 55.6 Å². The number of amides is 2. The molecule has 0 saturated heterocycles. The van der Waals surface area contributed by atoms with E-state index in [1.165, 1.54) is 4.90 Å². The second-order valence-electron chi connectivity index (χ2n) is 6.77. The number of benzene rings is 2. The smallest absolute Gasteiger partial charge is 0.259 e. The summed E-state index contributed by atoms with van der Waals surface area (Å²) in [6.45, 7) is 7.83. The van der Waals surface area contributed by atoms with Crippen LogP contribution in [-0.4, -0.2) is 28.2 Å². The summed E-state index contributed by atoms with van der Waals surface area (Å²) < 4.78 is 0.990. The molecule has 7 heteroatoms. The van der Waals surface area contributed by atoms with Crippen LogP contribution in [0.25, 0.3) is 5.70 Å². The number of fused-ring (bicyclic) bond motifs is 1. The number of nitrogens with zero attached hydrogens (tertiary/aromatic N) is 2. The van der Waals surface area contributed by atoms with E-state index >= 15 is 0 Å². The van der Waals surface area contributed by atoms with Crippen LogP contribution in [0.5, 0.6) is 0 Å². The molecule has 0 radical (unpaired) electrons. The van der Waals surface area contributed by atoms with Crippen LogP contribution >= 0.6 is 23.1 Å². The lowest BCUT2D eigenvalue weighted by atomic mass is 10.1. The Bertz CT molecular complexity index is 1100. The molecule has 0 unspecified atom stereocenters. The van der Waals surface area contributed by atoms with Crippen LogP contribution in [0.3, 0.4) is 0 Å². The first kappa shape index (κ1) is 19.4. The molecular formula is C22H19N3O2S2. The Labute approximate surface area is 177 Å². The molecular weight excluding hydrogens is 402 g/mol. The average Bonchev–Trinajstić information content (AvgIpc) is 3.21. The normalized spacial score (nSPS) is 13.0. The molecule has 1 aliphatic heterocycles. The van der Waals surface area contributed by atoms with Gasteiger partial charge in [0.15, 0.2) is 4.34 Å². The van der Waals surface area contributed by atoms with Gasteiger partial charge in [-0.2, -0.15) is 0 Å². The van der Waals surface area contributed by atoms with Gasteiger partial charge in [0, 0.05) is 38.5 Å². The van der Waals surface area contributed by atoms with Crippen LogP contribution in [0.2, 0.25) is 0 Å². The lowest BCUT2D eigenvalue weighted by Crippen LogP contribution is -2.32. The van der Waals surface area contributed by atoms with E-state index in [2.05, 4.69) is 16.9 Å². The van der Waals surface area contributed by atoms with Crippen molar-refractivity contribution in [1.82, 2.24) is 9.88 Å². The van der Waals surface area contributed by atoms with Crippen molar-refractivity contribution in [3.05, 3.63) is 76.8 Å². The number of nitrogens with one attached hydrogen (secondary N) is 1. The second kappa shape index (κ2) is 7.85. The van der Waals surface area contributed by atoms with Crippen LogP contribution in [0.15, 0.2) is 63.7 Å². The predicted octanol–water partition coefficient (Wildman–Crippen LogP) is 4.98. The van der Waals surface area contributed by atoms with Gasteiger partial charge in [-0.25, -0.2) is 4.98 Å². The first-order chi connectivity index (χ1) is 13.9. The minimum absolute atomic E-state index is 0.0688. The summed E-state index contributed by atoms with van der Waals surface area (Å²) in [5, 5.41) is 4.93. The number of carbonyl (C=O) groups excluding carboxylic acids is 2. The molecule has 2 amide bonds. The number of hydrogen-bond donors (Lipinski definition) is 1. The maximum atomic E-state index is 12.6. The van der Waals surface area contributed by atoms with Crippen LogP contribution in [0.1, 0.15) is 27.2 Å². The fraction of sp³-hybridized carbons (Fsp3) is 0.136. The first-order valence-corrected chi connectivity index (χ1v) is 10.7. The molecule has 1 aliphatic rings. The summed E-state index contributed by atoms with van der Waals surface area (Å²) in [5.41, 5.74) is 4.61. The molecule has 0 fully saturated rings. The van der Waals surface area contributed by atoms with Crippen molar-refractivity contribution in [2.75, 3.05) is 11.9 Å². The van der Waals surface area contributed by atoms with Gasteiger partial charge in [0.25, 0.3) is 5.91 Å². The van der Waals surface area contributed by atoms with E-state index in [4.69, 9.17) is 0 Å². The number of hydrogen-bond acceptors (Lipinski definition) is 5. The second-order valence-corrected chi connectivity index (χ2v) is 8.94. The Hall–Kier alpha value is -2.90. The van der Waals surface area contributed by atoms with Crippen LogP contribution in [-0.2, 0) is 4.79 Å². The molecule has 0 aliphatic carbocycles. The SMILES string of the molecule is C=C1c2ccccc2C(=O)N1CC(=O)Nc1ccc(Sc2nc(C)cs2)cc1C. The molecule has 1 aromatic heterocycles. The molecule has 2 aromatic carbocycles. The molecule has 4 rings (SSSR count). The number of anilines is 1. The third kappa shape index (κ3) is 3.97. The molecule has 2 heterocycles. The average molecular weight is 422 g/mol. The fourth-order valence-electron chi connectivity index (χ4n) is 3.16. The van der Waals surface area contributed by atoms with Crippen LogP contribution in [0, 0.1) is 13.8 Å². The zero-order chi connectivity index (χ0) is 20.5. The molecule has 0 spiro atoms. The highest BCUT2D eigenvalue weighted by Gasteiger charge is 2.31. The van der Waals surface area contributed by atoms with Gasteiger partial charge in [-0.3, -0.25) is 14.5 Å². The first-order valence-electron chi connectivity index (χ1n) is 9.03. The highest BCUT2D eigenvalue weighted by Crippen LogP contribution is 2.33. The Morgan fingerprint density at radius 2 is 1.97 bits per heavy atom. The van der Waals surface area contributed by atoms with Crippen molar-refractivity contribution in [2.45, 2.75) is 23.1 Å². The van der Waals surface area contributed by atoms with Gasteiger partial charge in [-0.05, 0) is 43.7 Å². The molecule has 3 aromatic rings. The maximum Gasteiger partial charge on any atom is 0.259 e. The molecule has 0 bridgehead atoms. The maximum absolute atomic E-state index is 12.6. The van der Waals surface area contributed by atoms with Crippen molar-refractivity contribution < 1.29 is 9.59 Å². The van der Waals surface area contributed by atoms with Gasteiger partial charge >= 0.3 is 0 Å². The number of aryl methyl sites for hydroxylation is 2. The van der Waals surface area contributed by atoms with Crippen molar-refractivity contribution in [3.8, 4) is 0 Å². The van der Waals surface area contributed by atoms with Gasteiger partial charge in [0.05, 0.1) is 0 Å². The number of thiazole rings is 1. The summed E-state index contributed by atoms with van der Waals surface area (Å²) in [5.74, 6) is -0.450. The Morgan fingerprint density at radius 1 is 1.21 bits per heavy atom. The summed E-state index contributed by atoms with van der Waals surface area (Å²) >= 11 is 3.21. The predicted molar refractivity (Wildman–Crippen MR) is 117 cm³/mol. The van der Waals surface area contributed by atoms with Crippen molar-refractivity contribution >= 4 is 46.3 Å². The fourth-order valence-corrected chi connectivity index (χ4v) is 5.06. The van der Waals surface area contributed by atoms with Crippen molar-refractivity contribution in [3.63, 3.8) is 0 Å². The third-order valence-electron chi connectivity index (χ3n) is 4.62. The minimum atomic E-state index is -0.258. The monoisotopic (exact) mass is 421 g/mol. The van der Waals surface area contributed by atoms with Gasteiger partial charge in [0.2, 0.25) is 5.91 Å². The van der Waals surface area contributed by atoms with E-state index < -0.39 is 0 Å². The quantitative estimate of drug-likeness (QED) is 0.631. The number of aromatic nitrogens is 1.